The van der Waals surface area contributed by atoms with E-state index in [4.69, 9.17) is 0 Å². The fourth-order valence-electron chi connectivity index (χ4n) is 2.95. The second kappa shape index (κ2) is 7.88. The van der Waals surface area contributed by atoms with E-state index in [9.17, 15) is 13.2 Å². The number of hydrogen-bond donors (Lipinski definition) is 1. The van der Waals surface area contributed by atoms with Gasteiger partial charge in [0.05, 0.1) is 22.5 Å². The second-order valence-electron chi connectivity index (χ2n) is 6.91. The Hall–Kier alpha value is -1.73. The number of nitrogens with zero attached hydrogens (tertiary/aromatic N) is 1. The van der Waals surface area contributed by atoms with Crippen molar-refractivity contribution in [2.45, 2.75) is 44.9 Å². The van der Waals surface area contributed by atoms with Gasteiger partial charge in [0, 0.05) is 5.38 Å². The lowest BCUT2D eigenvalue weighted by Crippen LogP contribution is -2.35. The van der Waals surface area contributed by atoms with Crippen LogP contribution in [0.15, 0.2) is 29.6 Å². The highest BCUT2D eigenvalue weighted by Crippen LogP contribution is 2.41. The molecule has 0 radical (unpaired) electrons. The van der Waals surface area contributed by atoms with Gasteiger partial charge < -0.3 is 5.32 Å². The molecule has 1 aromatic carbocycles. The van der Waals surface area contributed by atoms with E-state index in [1.54, 1.807) is 5.38 Å². The predicted octanol–water partition coefficient (Wildman–Crippen LogP) is 3.20. The average Bonchev–Trinajstić information content (AvgIpc) is 3.32. The van der Waals surface area contributed by atoms with Crippen molar-refractivity contribution < 1.29 is 13.2 Å². The largest absolute Gasteiger partial charge is 0.348 e. The number of carbonyl (C=O) groups is 1. The molecule has 0 spiro atoms. The molecule has 140 valence electrons. The van der Waals surface area contributed by atoms with E-state index in [1.807, 2.05) is 38.1 Å². The first-order valence-corrected chi connectivity index (χ1v) is 11.6. The summed E-state index contributed by atoms with van der Waals surface area (Å²) >= 11 is 1.45. The highest BCUT2D eigenvalue weighted by atomic mass is 32.2. The number of hydrogen-bond acceptors (Lipinski definition) is 5. The van der Waals surface area contributed by atoms with Gasteiger partial charge in [0.15, 0.2) is 9.84 Å². The quantitative estimate of drug-likeness (QED) is 0.748. The second-order valence-corrected chi connectivity index (χ2v) is 9.92. The summed E-state index contributed by atoms with van der Waals surface area (Å²) in [6.45, 7) is 4.00. The van der Waals surface area contributed by atoms with Crippen LogP contribution in [0.5, 0.6) is 0 Å². The Bertz CT molecular complexity index is 868. The summed E-state index contributed by atoms with van der Waals surface area (Å²) in [5.41, 5.74) is 2.72. The van der Waals surface area contributed by atoms with Crippen LogP contribution in [0.3, 0.4) is 0 Å². The van der Waals surface area contributed by atoms with Gasteiger partial charge >= 0.3 is 0 Å². The molecule has 7 heteroatoms. The Morgan fingerprint density at radius 3 is 2.58 bits per heavy atom. The first-order valence-electron chi connectivity index (χ1n) is 8.86. The monoisotopic (exact) mass is 392 g/mol. The summed E-state index contributed by atoms with van der Waals surface area (Å²) in [5.74, 6) is -0.722. The molecule has 0 saturated heterocycles. The summed E-state index contributed by atoms with van der Waals surface area (Å²) in [5, 5.41) is 5.60. The summed E-state index contributed by atoms with van der Waals surface area (Å²) in [6.07, 6.45) is 2.90. The molecular formula is C19H24N2O3S2. The van der Waals surface area contributed by atoms with Crippen LogP contribution in [0.1, 0.15) is 47.6 Å². The molecule has 1 saturated carbocycles. The minimum atomic E-state index is -3.54. The van der Waals surface area contributed by atoms with Crippen LogP contribution in [0.4, 0.5) is 0 Å². The van der Waals surface area contributed by atoms with Crippen LogP contribution in [0.25, 0.3) is 0 Å². The van der Waals surface area contributed by atoms with Crippen molar-refractivity contribution in [2.24, 2.45) is 5.92 Å². The number of amides is 1. The zero-order valence-corrected chi connectivity index (χ0v) is 16.7. The van der Waals surface area contributed by atoms with Gasteiger partial charge in [-0.15, -0.1) is 11.3 Å². The van der Waals surface area contributed by atoms with E-state index >= 15 is 0 Å². The number of rotatable bonds is 8. The summed E-state index contributed by atoms with van der Waals surface area (Å²) in [6, 6.07) is 7.94. The summed E-state index contributed by atoms with van der Waals surface area (Å²) in [7, 11) is -3.54. The Balaban J connectivity index is 1.63. The maximum atomic E-state index is 12.4. The standard InChI is InChI=1S/C19H24N2O3S2/c1-3-18-20-16(10-25-18)11-26(23,24)12-17(22)21-19(15-8-9-15)14-6-4-13(2)5-7-14/h4-7,10,15,19H,3,8-9,11-12H2,1-2H3,(H,21,22). The lowest BCUT2D eigenvalue weighted by molar-refractivity contribution is -0.119. The van der Waals surface area contributed by atoms with Crippen molar-refractivity contribution in [3.8, 4) is 0 Å². The van der Waals surface area contributed by atoms with E-state index in [1.165, 1.54) is 11.3 Å². The fraction of sp³-hybridized carbons (Fsp3) is 0.474. The summed E-state index contributed by atoms with van der Waals surface area (Å²) < 4.78 is 24.7. The highest BCUT2D eigenvalue weighted by Gasteiger charge is 2.34. The molecule has 26 heavy (non-hydrogen) atoms. The number of benzene rings is 1. The molecule has 3 rings (SSSR count). The summed E-state index contributed by atoms with van der Waals surface area (Å²) in [4.78, 5) is 16.7. The molecule has 1 atom stereocenters. The average molecular weight is 393 g/mol. The van der Waals surface area contributed by atoms with Crippen LogP contribution in [-0.2, 0) is 26.8 Å². The van der Waals surface area contributed by atoms with Crippen LogP contribution >= 0.6 is 11.3 Å². The molecule has 0 aliphatic heterocycles. The van der Waals surface area contributed by atoms with Gasteiger partial charge in [0.2, 0.25) is 5.91 Å². The molecule has 1 heterocycles. The maximum Gasteiger partial charge on any atom is 0.235 e. The SMILES string of the molecule is CCc1nc(CS(=O)(=O)CC(=O)NC(c2ccc(C)cc2)C2CC2)cs1. The van der Waals surface area contributed by atoms with E-state index in [2.05, 4.69) is 10.3 Å². The van der Waals surface area contributed by atoms with Crippen molar-refractivity contribution in [2.75, 3.05) is 5.75 Å². The molecule has 1 aromatic heterocycles. The van der Waals surface area contributed by atoms with Gasteiger partial charge in [0.1, 0.15) is 5.75 Å². The van der Waals surface area contributed by atoms with E-state index < -0.39 is 21.5 Å². The maximum absolute atomic E-state index is 12.4. The molecule has 1 aliphatic carbocycles. The predicted molar refractivity (Wildman–Crippen MR) is 104 cm³/mol. The molecule has 1 unspecified atom stereocenters. The van der Waals surface area contributed by atoms with Crippen molar-refractivity contribution in [3.05, 3.63) is 51.5 Å². The lowest BCUT2D eigenvalue weighted by atomic mass is 10.0. The van der Waals surface area contributed by atoms with Crippen LogP contribution in [-0.4, -0.2) is 25.1 Å². The molecule has 1 fully saturated rings. The van der Waals surface area contributed by atoms with Crippen LogP contribution in [0.2, 0.25) is 0 Å². The van der Waals surface area contributed by atoms with Crippen LogP contribution < -0.4 is 5.32 Å². The molecule has 2 aromatic rings. The first kappa shape index (κ1) is 19.0. The van der Waals surface area contributed by atoms with Crippen molar-refractivity contribution >= 4 is 27.1 Å². The normalized spacial score (nSPS) is 15.6. The van der Waals surface area contributed by atoms with Crippen molar-refractivity contribution in [1.29, 1.82) is 0 Å². The smallest absolute Gasteiger partial charge is 0.235 e. The molecule has 5 nitrogen and oxygen atoms in total. The number of sulfone groups is 1. The zero-order chi connectivity index (χ0) is 18.7. The van der Waals surface area contributed by atoms with E-state index in [-0.39, 0.29) is 11.8 Å². The van der Waals surface area contributed by atoms with Gasteiger partial charge in [-0.3, -0.25) is 4.79 Å². The molecule has 1 amide bonds. The third-order valence-corrected chi connectivity index (χ3v) is 6.95. The number of aryl methyl sites for hydroxylation is 2. The first-order chi connectivity index (χ1) is 12.4. The minimum absolute atomic E-state index is 0.107. The zero-order valence-electron chi connectivity index (χ0n) is 15.1. The molecule has 0 bridgehead atoms. The molecule has 1 N–H and O–H groups in total. The number of thiazole rings is 1. The lowest BCUT2D eigenvalue weighted by Gasteiger charge is -2.19. The van der Waals surface area contributed by atoms with Gasteiger partial charge in [0.25, 0.3) is 0 Å². The van der Waals surface area contributed by atoms with Gasteiger partial charge in [-0.1, -0.05) is 36.8 Å². The highest BCUT2D eigenvalue weighted by molar-refractivity contribution is 7.91. The number of carbonyl (C=O) groups excluding carboxylic acids is 1. The fourth-order valence-corrected chi connectivity index (χ4v) is 4.98. The third-order valence-electron chi connectivity index (χ3n) is 4.47. The number of aromatic nitrogens is 1. The molecular weight excluding hydrogens is 368 g/mol. The van der Waals surface area contributed by atoms with Gasteiger partial charge in [-0.25, -0.2) is 13.4 Å². The Kier molecular flexibility index (Phi) is 5.77. The van der Waals surface area contributed by atoms with Crippen molar-refractivity contribution in [1.82, 2.24) is 10.3 Å². The van der Waals surface area contributed by atoms with E-state index in [0.717, 1.165) is 35.4 Å². The number of nitrogens with one attached hydrogen (secondary N) is 1. The Morgan fingerprint density at radius 1 is 1.31 bits per heavy atom. The topological polar surface area (TPSA) is 76.1 Å². The Labute approximate surface area is 158 Å². The minimum Gasteiger partial charge on any atom is -0.348 e. The molecule has 1 aliphatic rings. The van der Waals surface area contributed by atoms with Gasteiger partial charge in [-0.2, -0.15) is 0 Å². The van der Waals surface area contributed by atoms with Gasteiger partial charge in [-0.05, 0) is 37.7 Å². The van der Waals surface area contributed by atoms with Crippen LogP contribution in [0, 0.1) is 12.8 Å². The Morgan fingerprint density at radius 2 is 2.00 bits per heavy atom. The van der Waals surface area contributed by atoms with E-state index in [0.29, 0.717) is 11.6 Å². The van der Waals surface area contributed by atoms with Crippen molar-refractivity contribution in [3.63, 3.8) is 0 Å². The third kappa shape index (κ3) is 5.14.